The first-order valence-electron chi connectivity index (χ1n) is 4.98. The van der Waals surface area contributed by atoms with Crippen molar-refractivity contribution in [3.8, 4) is 17.6 Å². The van der Waals surface area contributed by atoms with Crippen molar-refractivity contribution in [1.82, 2.24) is 0 Å². The number of nitriles is 1. The summed E-state index contributed by atoms with van der Waals surface area (Å²) in [6.07, 6.45) is -0.534. The molecule has 1 aromatic carbocycles. The van der Waals surface area contributed by atoms with Crippen LogP contribution in [0.3, 0.4) is 0 Å². The molecular formula is C11H12N2O3. The van der Waals surface area contributed by atoms with Gasteiger partial charge in [-0.3, -0.25) is 0 Å². The Morgan fingerprint density at radius 2 is 2.25 bits per heavy atom. The van der Waals surface area contributed by atoms with Crippen LogP contribution in [0, 0.1) is 11.3 Å². The Balaban J connectivity index is 1.93. The van der Waals surface area contributed by atoms with Gasteiger partial charge in [0.25, 0.3) is 0 Å². The molecule has 0 saturated heterocycles. The molecule has 0 radical (unpaired) electrons. The largest absolute Gasteiger partial charge is 0.454 e. The first kappa shape index (κ1) is 10.6. The number of hydrogen-bond acceptors (Lipinski definition) is 5. The van der Waals surface area contributed by atoms with Crippen LogP contribution in [0.5, 0.6) is 11.5 Å². The maximum absolute atomic E-state index is 9.36. The van der Waals surface area contributed by atoms with Crippen LogP contribution >= 0.6 is 0 Å². The zero-order valence-electron chi connectivity index (χ0n) is 8.64. The fourth-order valence-corrected chi connectivity index (χ4v) is 1.42. The Bertz CT molecular complexity index is 414. The standard InChI is InChI=1S/C11H12N2O3/c12-4-3-9(14)6-13-8-1-2-10-11(5-8)16-7-15-10/h1-2,5,9,13-14H,3,6-7H2. The van der Waals surface area contributed by atoms with Crippen molar-refractivity contribution >= 4 is 5.69 Å². The molecule has 1 aromatic rings. The second kappa shape index (κ2) is 4.73. The van der Waals surface area contributed by atoms with Gasteiger partial charge in [0.15, 0.2) is 11.5 Å². The smallest absolute Gasteiger partial charge is 0.231 e. The van der Waals surface area contributed by atoms with E-state index in [4.69, 9.17) is 14.7 Å². The van der Waals surface area contributed by atoms with Crippen LogP contribution in [-0.4, -0.2) is 24.5 Å². The summed E-state index contributed by atoms with van der Waals surface area (Å²) in [7, 11) is 0. The van der Waals surface area contributed by atoms with Crippen molar-refractivity contribution < 1.29 is 14.6 Å². The Hall–Kier alpha value is -1.93. The molecule has 1 aliphatic heterocycles. The van der Waals surface area contributed by atoms with Gasteiger partial charge >= 0.3 is 0 Å². The van der Waals surface area contributed by atoms with E-state index < -0.39 is 6.10 Å². The van der Waals surface area contributed by atoms with Crippen molar-refractivity contribution in [2.75, 3.05) is 18.7 Å². The summed E-state index contributed by atoms with van der Waals surface area (Å²) in [4.78, 5) is 0. The number of nitrogens with one attached hydrogen (secondary N) is 1. The van der Waals surface area contributed by atoms with Gasteiger partial charge in [-0.2, -0.15) is 5.26 Å². The van der Waals surface area contributed by atoms with E-state index in [1.54, 1.807) is 12.1 Å². The maximum atomic E-state index is 9.36. The van der Waals surface area contributed by atoms with Crippen LogP contribution in [0.4, 0.5) is 5.69 Å². The number of rotatable bonds is 4. The lowest BCUT2D eigenvalue weighted by Crippen LogP contribution is -2.18. The minimum Gasteiger partial charge on any atom is -0.454 e. The highest BCUT2D eigenvalue weighted by molar-refractivity contribution is 5.55. The fourth-order valence-electron chi connectivity index (χ4n) is 1.42. The lowest BCUT2D eigenvalue weighted by molar-refractivity contribution is 0.174. The lowest BCUT2D eigenvalue weighted by Gasteiger charge is -2.10. The highest BCUT2D eigenvalue weighted by atomic mass is 16.7. The Kier molecular flexibility index (Phi) is 3.13. The summed E-state index contributed by atoms with van der Waals surface area (Å²) < 4.78 is 10.4. The molecule has 0 spiro atoms. The van der Waals surface area contributed by atoms with Crippen LogP contribution < -0.4 is 14.8 Å². The van der Waals surface area contributed by atoms with E-state index in [1.807, 2.05) is 12.1 Å². The highest BCUT2D eigenvalue weighted by Gasteiger charge is 2.13. The van der Waals surface area contributed by atoms with E-state index >= 15 is 0 Å². The minimum atomic E-state index is -0.657. The van der Waals surface area contributed by atoms with Gasteiger partial charge in [0, 0.05) is 18.3 Å². The number of benzene rings is 1. The second-order valence-corrected chi connectivity index (χ2v) is 3.47. The minimum absolute atomic E-state index is 0.123. The molecule has 0 amide bonds. The van der Waals surface area contributed by atoms with Crippen LogP contribution in [0.2, 0.25) is 0 Å². The molecule has 1 unspecified atom stereocenters. The van der Waals surface area contributed by atoms with E-state index in [9.17, 15) is 5.11 Å². The van der Waals surface area contributed by atoms with E-state index in [0.717, 1.165) is 11.4 Å². The molecule has 16 heavy (non-hydrogen) atoms. The zero-order chi connectivity index (χ0) is 11.4. The third-order valence-corrected chi connectivity index (χ3v) is 2.24. The summed E-state index contributed by atoms with van der Waals surface area (Å²) in [5.74, 6) is 1.42. The first-order chi connectivity index (χ1) is 7.79. The molecule has 5 heteroatoms. The zero-order valence-corrected chi connectivity index (χ0v) is 8.64. The monoisotopic (exact) mass is 220 g/mol. The van der Waals surface area contributed by atoms with Crippen LogP contribution in [0.25, 0.3) is 0 Å². The number of ether oxygens (including phenoxy) is 2. The number of anilines is 1. The number of aliphatic hydroxyl groups excluding tert-OH is 1. The van der Waals surface area contributed by atoms with Gasteiger partial charge in [0.2, 0.25) is 6.79 Å². The number of aliphatic hydroxyl groups is 1. The quantitative estimate of drug-likeness (QED) is 0.794. The predicted octanol–water partition coefficient (Wildman–Crippen LogP) is 1.10. The van der Waals surface area contributed by atoms with Crippen molar-refractivity contribution in [2.24, 2.45) is 0 Å². The van der Waals surface area contributed by atoms with Crippen LogP contribution in [0.15, 0.2) is 18.2 Å². The van der Waals surface area contributed by atoms with Crippen molar-refractivity contribution in [3.05, 3.63) is 18.2 Å². The Labute approximate surface area is 93.2 Å². The summed E-state index contributed by atoms with van der Waals surface area (Å²) in [6.45, 7) is 0.586. The molecule has 2 rings (SSSR count). The molecule has 1 heterocycles. The van der Waals surface area contributed by atoms with Gasteiger partial charge in [-0.25, -0.2) is 0 Å². The molecule has 1 aliphatic rings. The van der Waals surface area contributed by atoms with Crippen molar-refractivity contribution in [1.29, 1.82) is 5.26 Å². The molecule has 2 N–H and O–H groups in total. The summed E-state index contributed by atoms with van der Waals surface area (Å²) >= 11 is 0. The predicted molar refractivity (Wildman–Crippen MR) is 57.3 cm³/mol. The third kappa shape index (κ3) is 2.35. The highest BCUT2D eigenvalue weighted by Crippen LogP contribution is 2.34. The molecule has 0 aliphatic carbocycles. The molecule has 0 aromatic heterocycles. The number of fused-ring (bicyclic) bond motifs is 1. The average molecular weight is 220 g/mol. The van der Waals surface area contributed by atoms with Gasteiger partial charge in [-0.15, -0.1) is 0 Å². The first-order valence-corrected chi connectivity index (χ1v) is 4.98. The van der Waals surface area contributed by atoms with Crippen LogP contribution in [0.1, 0.15) is 6.42 Å². The van der Waals surface area contributed by atoms with Crippen molar-refractivity contribution in [3.63, 3.8) is 0 Å². The van der Waals surface area contributed by atoms with Crippen molar-refractivity contribution in [2.45, 2.75) is 12.5 Å². The average Bonchev–Trinajstić information content (AvgIpc) is 2.74. The number of hydrogen-bond donors (Lipinski definition) is 2. The number of nitrogens with zero attached hydrogens (tertiary/aromatic N) is 1. The molecule has 1 atom stereocenters. The van der Waals surface area contributed by atoms with E-state index in [-0.39, 0.29) is 13.2 Å². The molecule has 5 nitrogen and oxygen atoms in total. The van der Waals surface area contributed by atoms with Gasteiger partial charge in [0.1, 0.15) is 0 Å². The van der Waals surface area contributed by atoms with E-state index in [0.29, 0.717) is 12.3 Å². The summed E-state index contributed by atoms with van der Waals surface area (Å²) in [6, 6.07) is 7.36. The van der Waals surface area contributed by atoms with E-state index in [2.05, 4.69) is 5.32 Å². The SMILES string of the molecule is N#CCC(O)CNc1ccc2c(c1)OCO2. The lowest BCUT2D eigenvalue weighted by atomic mass is 10.2. The maximum Gasteiger partial charge on any atom is 0.231 e. The topological polar surface area (TPSA) is 74.5 Å². The van der Waals surface area contributed by atoms with Crippen LogP contribution in [-0.2, 0) is 0 Å². The van der Waals surface area contributed by atoms with Gasteiger partial charge in [-0.1, -0.05) is 0 Å². The molecule has 0 bridgehead atoms. The third-order valence-electron chi connectivity index (χ3n) is 2.24. The summed E-state index contributed by atoms with van der Waals surface area (Å²) in [5, 5.41) is 20.8. The van der Waals surface area contributed by atoms with Gasteiger partial charge < -0.3 is 19.9 Å². The fraction of sp³-hybridized carbons (Fsp3) is 0.364. The van der Waals surface area contributed by atoms with Gasteiger partial charge in [-0.05, 0) is 12.1 Å². The molecular weight excluding hydrogens is 208 g/mol. The molecule has 0 saturated carbocycles. The summed E-state index contributed by atoms with van der Waals surface area (Å²) in [5.41, 5.74) is 0.834. The van der Waals surface area contributed by atoms with Gasteiger partial charge in [0.05, 0.1) is 18.6 Å². The molecule has 0 fully saturated rings. The normalized spacial score (nSPS) is 14.2. The Morgan fingerprint density at radius 3 is 3.06 bits per heavy atom. The molecule has 84 valence electrons. The Morgan fingerprint density at radius 1 is 1.44 bits per heavy atom. The van der Waals surface area contributed by atoms with E-state index in [1.165, 1.54) is 0 Å². The second-order valence-electron chi connectivity index (χ2n) is 3.47.